The third-order valence-electron chi connectivity index (χ3n) is 5.49. The van der Waals surface area contributed by atoms with Crippen molar-refractivity contribution in [2.75, 3.05) is 6.61 Å². The van der Waals surface area contributed by atoms with Crippen molar-refractivity contribution in [2.24, 2.45) is 0 Å². The molecule has 1 aliphatic carbocycles. The molecular weight excluding hydrogens is 380 g/mol. The lowest BCUT2D eigenvalue weighted by Gasteiger charge is -2.30. The Hall–Kier alpha value is -2.50. The second-order valence-electron chi connectivity index (χ2n) is 7.85. The van der Waals surface area contributed by atoms with E-state index in [-0.39, 0.29) is 18.8 Å². The van der Waals surface area contributed by atoms with Crippen molar-refractivity contribution in [3.8, 4) is 0 Å². The zero-order valence-corrected chi connectivity index (χ0v) is 17.6. The smallest absolute Gasteiger partial charge is 0.300 e. The van der Waals surface area contributed by atoms with Gasteiger partial charge in [-0.2, -0.15) is 0 Å². The standard InChI is InChI=1S/C23H28O3.C2H4O2/c24-15-8-4-2-1-3-7-14-23(17-19(25)16-22(23)26)21-13-9-11-18-10-5-6-12-20(18)21;1-2(3)4/h5-7,9-14,22,24,26H,1-4,8,15-17H2;1H3,(H,3,4)/b14-7+;. The van der Waals surface area contributed by atoms with Crippen LogP contribution < -0.4 is 0 Å². The fourth-order valence-corrected chi connectivity index (χ4v) is 4.10. The summed E-state index contributed by atoms with van der Waals surface area (Å²) < 4.78 is 0. The number of benzene rings is 2. The molecule has 1 aliphatic rings. The first-order valence-corrected chi connectivity index (χ1v) is 10.6. The van der Waals surface area contributed by atoms with Crippen molar-refractivity contribution >= 4 is 22.5 Å². The maximum absolute atomic E-state index is 12.2. The number of rotatable bonds is 8. The lowest BCUT2D eigenvalue weighted by molar-refractivity contribution is -0.134. The van der Waals surface area contributed by atoms with Gasteiger partial charge in [-0.3, -0.25) is 9.59 Å². The van der Waals surface area contributed by atoms with Gasteiger partial charge in [-0.05, 0) is 35.6 Å². The van der Waals surface area contributed by atoms with Gasteiger partial charge in [0.05, 0.1) is 6.10 Å². The number of carbonyl (C=O) groups excluding carboxylic acids is 1. The van der Waals surface area contributed by atoms with Crippen LogP contribution in [0.3, 0.4) is 0 Å². The fraction of sp³-hybridized carbons (Fsp3) is 0.440. The second kappa shape index (κ2) is 11.6. The molecule has 0 spiro atoms. The van der Waals surface area contributed by atoms with Gasteiger partial charge in [-0.1, -0.05) is 67.5 Å². The van der Waals surface area contributed by atoms with Crippen LogP contribution in [0.1, 0.15) is 57.4 Å². The number of carbonyl (C=O) groups is 2. The lowest BCUT2D eigenvalue weighted by Crippen LogP contribution is -2.33. The van der Waals surface area contributed by atoms with Gasteiger partial charge < -0.3 is 15.3 Å². The topological polar surface area (TPSA) is 94.8 Å². The molecule has 0 saturated heterocycles. The van der Waals surface area contributed by atoms with Crippen LogP contribution in [0.15, 0.2) is 54.6 Å². The Morgan fingerprint density at radius 1 is 1.10 bits per heavy atom. The summed E-state index contributed by atoms with van der Waals surface area (Å²) in [6.07, 6.45) is 9.10. The van der Waals surface area contributed by atoms with Gasteiger partial charge >= 0.3 is 0 Å². The molecule has 3 rings (SSSR count). The molecule has 0 aliphatic heterocycles. The number of Topliss-reactive ketones (excluding diaryl/α,β-unsaturated/α-hetero) is 1. The first kappa shape index (κ1) is 23.8. The Balaban J connectivity index is 0.000000735. The first-order valence-electron chi connectivity index (χ1n) is 10.6. The lowest BCUT2D eigenvalue weighted by atomic mass is 9.74. The summed E-state index contributed by atoms with van der Waals surface area (Å²) >= 11 is 0. The number of aliphatic hydroxyl groups is 2. The van der Waals surface area contributed by atoms with Crippen molar-refractivity contribution in [1.82, 2.24) is 0 Å². The summed E-state index contributed by atoms with van der Waals surface area (Å²) in [5.74, 6) is -0.710. The molecule has 5 heteroatoms. The van der Waals surface area contributed by atoms with Crippen molar-refractivity contribution in [3.05, 3.63) is 60.2 Å². The minimum absolute atomic E-state index is 0.123. The van der Waals surface area contributed by atoms with Crippen LogP contribution >= 0.6 is 0 Å². The third-order valence-corrected chi connectivity index (χ3v) is 5.49. The number of carboxylic acids is 1. The Labute approximate surface area is 178 Å². The van der Waals surface area contributed by atoms with Gasteiger partial charge in [-0.15, -0.1) is 0 Å². The van der Waals surface area contributed by atoms with Crippen LogP contribution in [0.5, 0.6) is 0 Å². The Kier molecular flexibility index (Phi) is 9.21. The molecule has 2 aromatic carbocycles. The normalized spacial score (nSPS) is 21.0. The van der Waals surface area contributed by atoms with Crippen molar-refractivity contribution in [1.29, 1.82) is 0 Å². The number of hydrogen-bond donors (Lipinski definition) is 3. The quantitative estimate of drug-likeness (QED) is 0.441. The van der Waals surface area contributed by atoms with Crippen LogP contribution in [-0.4, -0.2) is 39.8 Å². The molecule has 0 heterocycles. The van der Waals surface area contributed by atoms with E-state index in [1.54, 1.807) is 0 Å². The number of aliphatic hydroxyl groups excluding tert-OH is 2. The Bertz CT molecular complexity index is 863. The molecule has 2 unspecified atom stereocenters. The van der Waals surface area contributed by atoms with Gasteiger partial charge in [0.2, 0.25) is 0 Å². The summed E-state index contributed by atoms with van der Waals surface area (Å²) in [5.41, 5.74) is 0.425. The van der Waals surface area contributed by atoms with Gasteiger partial charge in [0, 0.05) is 31.8 Å². The molecular formula is C25H32O5. The summed E-state index contributed by atoms with van der Waals surface area (Å²) in [7, 11) is 0. The first-order chi connectivity index (χ1) is 14.4. The molecule has 162 valence electrons. The van der Waals surface area contributed by atoms with E-state index in [0.717, 1.165) is 55.4 Å². The molecule has 2 aromatic rings. The SMILES string of the molecule is CC(=O)O.O=C1CC(O)C(/C=C/CCCCCCO)(c2cccc3ccccc23)C1. The predicted octanol–water partition coefficient (Wildman–Crippen LogP) is 4.39. The molecule has 0 aromatic heterocycles. The number of carboxylic acid groups (broad SMARTS) is 1. The molecule has 3 N–H and O–H groups in total. The van der Waals surface area contributed by atoms with E-state index < -0.39 is 17.5 Å². The van der Waals surface area contributed by atoms with Crippen molar-refractivity contribution < 1.29 is 24.9 Å². The highest BCUT2D eigenvalue weighted by Gasteiger charge is 2.46. The van der Waals surface area contributed by atoms with E-state index in [1.165, 1.54) is 0 Å². The van der Waals surface area contributed by atoms with E-state index in [1.807, 2.05) is 18.2 Å². The molecule has 0 radical (unpaired) electrons. The molecule has 2 atom stereocenters. The van der Waals surface area contributed by atoms with Crippen LogP contribution in [0.4, 0.5) is 0 Å². The minimum Gasteiger partial charge on any atom is -0.481 e. The fourth-order valence-electron chi connectivity index (χ4n) is 4.10. The highest BCUT2D eigenvalue weighted by Crippen LogP contribution is 2.43. The Morgan fingerprint density at radius 2 is 1.77 bits per heavy atom. The van der Waals surface area contributed by atoms with E-state index in [4.69, 9.17) is 15.0 Å². The van der Waals surface area contributed by atoms with Crippen LogP contribution in [0.2, 0.25) is 0 Å². The molecule has 0 amide bonds. The van der Waals surface area contributed by atoms with Gasteiger partial charge in [0.25, 0.3) is 5.97 Å². The number of ketones is 1. The maximum Gasteiger partial charge on any atom is 0.300 e. The highest BCUT2D eigenvalue weighted by molar-refractivity contribution is 5.91. The van der Waals surface area contributed by atoms with Crippen LogP contribution in [-0.2, 0) is 15.0 Å². The highest BCUT2D eigenvalue weighted by atomic mass is 16.4. The predicted molar refractivity (Wildman–Crippen MR) is 118 cm³/mol. The zero-order chi connectivity index (χ0) is 22.0. The average molecular weight is 413 g/mol. The number of fused-ring (bicyclic) bond motifs is 1. The summed E-state index contributed by atoms with van der Waals surface area (Å²) in [6.45, 7) is 1.34. The van der Waals surface area contributed by atoms with Gasteiger partial charge in [0.1, 0.15) is 5.78 Å². The zero-order valence-electron chi connectivity index (χ0n) is 17.6. The third kappa shape index (κ3) is 6.25. The number of hydrogen-bond acceptors (Lipinski definition) is 4. The van der Waals surface area contributed by atoms with Crippen LogP contribution in [0, 0.1) is 0 Å². The van der Waals surface area contributed by atoms with E-state index >= 15 is 0 Å². The minimum atomic E-state index is -0.833. The monoisotopic (exact) mass is 412 g/mol. The summed E-state index contributed by atoms with van der Waals surface area (Å²) in [4.78, 5) is 21.2. The van der Waals surface area contributed by atoms with Crippen molar-refractivity contribution in [2.45, 2.75) is 63.4 Å². The number of unbranched alkanes of at least 4 members (excludes halogenated alkanes) is 4. The van der Waals surface area contributed by atoms with E-state index in [9.17, 15) is 9.90 Å². The number of allylic oxidation sites excluding steroid dienone is 1. The second-order valence-corrected chi connectivity index (χ2v) is 7.85. The molecule has 1 saturated carbocycles. The Morgan fingerprint density at radius 3 is 2.43 bits per heavy atom. The molecule has 1 fully saturated rings. The maximum atomic E-state index is 12.2. The van der Waals surface area contributed by atoms with E-state index in [0.29, 0.717) is 6.42 Å². The van der Waals surface area contributed by atoms with Crippen molar-refractivity contribution in [3.63, 3.8) is 0 Å². The molecule has 30 heavy (non-hydrogen) atoms. The van der Waals surface area contributed by atoms with Gasteiger partial charge in [0.15, 0.2) is 0 Å². The molecule has 5 nitrogen and oxygen atoms in total. The largest absolute Gasteiger partial charge is 0.481 e. The summed E-state index contributed by atoms with van der Waals surface area (Å²) in [6, 6.07) is 14.3. The number of aliphatic carboxylic acids is 1. The average Bonchev–Trinajstić information content (AvgIpc) is 3.00. The van der Waals surface area contributed by atoms with Crippen LogP contribution in [0.25, 0.3) is 10.8 Å². The molecule has 0 bridgehead atoms. The van der Waals surface area contributed by atoms with E-state index in [2.05, 4.69) is 36.4 Å². The summed E-state index contributed by atoms with van der Waals surface area (Å²) in [5, 5.41) is 29.3. The van der Waals surface area contributed by atoms with Gasteiger partial charge in [-0.25, -0.2) is 0 Å².